The maximum Gasteiger partial charge on any atom is -0.00851 e. The van der Waals surface area contributed by atoms with Gasteiger partial charge in [-0.05, 0) is 116 Å². The number of hydrogen-bond acceptors (Lipinski definition) is 0. The lowest BCUT2D eigenvalue weighted by Crippen LogP contribution is -2.49. The molecule has 29 heavy (non-hydrogen) atoms. The van der Waals surface area contributed by atoms with Crippen LogP contribution in [0.3, 0.4) is 0 Å². The summed E-state index contributed by atoms with van der Waals surface area (Å²) < 4.78 is 0. The summed E-state index contributed by atoms with van der Waals surface area (Å²) >= 11 is 0. The Hall–Kier alpha value is -0.520. The molecule has 8 atom stereocenters. The lowest BCUT2D eigenvalue weighted by Gasteiger charge is -2.58. The van der Waals surface area contributed by atoms with Crippen LogP contribution in [-0.2, 0) is 0 Å². The normalized spacial score (nSPS) is 45.6. The van der Waals surface area contributed by atoms with Gasteiger partial charge in [0.2, 0.25) is 0 Å². The molecule has 0 spiro atoms. The van der Waals surface area contributed by atoms with Crippen LogP contribution in [0.2, 0.25) is 0 Å². The van der Waals surface area contributed by atoms with Crippen LogP contribution >= 0.6 is 0 Å². The van der Waals surface area contributed by atoms with Crippen LogP contribution in [0.1, 0.15) is 106 Å². The molecule has 0 saturated heterocycles. The number of allylic oxidation sites excluding steroid dienone is 4. The number of hydrogen-bond donors (Lipinski definition) is 0. The molecule has 0 heterocycles. The molecule has 0 heteroatoms. The van der Waals surface area contributed by atoms with Crippen molar-refractivity contribution in [3.8, 4) is 0 Å². The monoisotopic (exact) mass is 396 g/mol. The Balaban J connectivity index is 1.48. The van der Waals surface area contributed by atoms with E-state index in [-0.39, 0.29) is 0 Å². The fraction of sp³-hybridized carbons (Fsp3) is 0.862. The molecule has 4 aliphatic rings. The van der Waals surface area contributed by atoms with Crippen LogP contribution < -0.4 is 0 Å². The van der Waals surface area contributed by atoms with Crippen LogP contribution in [0.5, 0.6) is 0 Å². The van der Waals surface area contributed by atoms with Crippen molar-refractivity contribution in [1.82, 2.24) is 0 Å². The van der Waals surface area contributed by atoms with Gasteiger partial charge < -0.3 is 0 Å². The molecule has 3 fully saturated rings. The highest BCUT2D eigenvalue weighted by molar-refractivity contribution is 5.25. The summed E-state index contributed by atoms with van der Waals surface area (Å²) in [4.78, 5) is 0. The maximum atomic E-state index is 2.74. The van der Waals surface area contributed by atoms with E-state index in [0.717, 1.165) is 41.4 Å². The predicted octanol–water partition coefficient (Wildman–Crippen LogP) is 8.83. The SMILES string of the molecule is CC[C@H](/C=C/CC1CCC2C3CC=C4C[C@@H](C)CC[C@]4(C)C3CC[C@]12C)C(C)C. The smallest absolute Gasteiger partial charge is 0.00851 e. The first-order valence-corrected chi connectivity index (χ1v) is 13.2. The molecule has 0 bridgehead atoms. The van der Waals surface area contributed by atoms with E-state index in [1.165, 1.54) is 64.2 Å². The summed E-state index contributed by atoms with van der Waals surface area (Å²) in [5.41, 5.74) is 3.01. The van der Waals surface area contributed by atoms with Gasteiger partial charge in [-0.15, -0.1) is 0 Å². The quantitative estimate of drug-likeness (QED) is 0.407. The van der Waals surface area contributed by atoms with Gasteiger partial charge in [-0.1, -0.05) is 65.3 Å². The molecule has 0 aromatic rings. The van der Waals surface area contributed by atoms with Gasteiger partial charge in [-0.25, -0.2) is 0 Å². The molecule has 164 valence electrons. The zero-order chi connectivity index (χ0) is 20.8. The van der Waals surface area contributed by atoms with Gasteiger partial charge in [0.1, 0.15) is 0 Å². The minimum Gasteiger partial charge on any atom is -0.0880 e. The van der Waals surface area contributed by atoms with Crippen LogP contribution in [0, 0.1) is 52.3 Å². The topological polar surface area (TPSA) is 0 Å². The lowest BCUT2D eigenvalue weighted by molar-refractivity contribution is -0.0432. The van der Waals surface area contributed by atoms with E-state index in [0.29, 0.717) is 10.8 Å². The van der Waals surface area contributed by atoms with Crippen molar-refractivity contribution in [2.75, 3.05) is 0 Å². The van der Waals surface area contributed by atoms with Crippen molar-refractivity contribution in [2.24, 2.45) is 52.3 Å². The van der Waals surface area contributed by atoms with Crippen molar-refractivity contribution < 1.29 is 0 Å². The summed E-state index contributed by atoms with van der Waals surface area (Å²) in [6.07, 6.45) is 22.2. The van der Waals surface area contributed by atoms with Crippen LogP contribution in [0.25, 0.3) is 0 Å². The van der Waals surface area contributed by atoms with Crippen molar-refractivity contribution in [1.29, 1.82) is 0 Å². The molecule has 4 unspecified atom stereocenters. The minimum atomic E-state index is 0.542. The predicted molar refractivity (Wildman–Crippen MR) is 127 cm³/mol. The van der Waals surface area contributed by atoms with E-state index in [1.54, 1.807) is 0 Å². The third-order valence-electron chi connectivity index (χ3n) is 10.7. The van der Waals surface area contributed by atoms with Crippen LogP contribution in [0.15, 0.2) is 23.8 Å². The Morgan fingerprint density at radius 1 is 1.07 bits per heavy atom. The average Bonchev–Trinajstić information content (AvgIpc) is 3.02. The zero-order valence-corrected chi connectivity index (χ0v) is 20.3. The summed E-state index contributed by atoms with van der Waals surface area (Å²) in [7, 11) is 0. The zero-order valence-electron chi connectivity index (χ0n) is 20.3. The highest BCUT2D eigenvalue weighted by atomic mass is 14.6. The Labute approximate surface area is 182 Å². The largest absolute Gasteiger partial charge is 0.0880 e. The first-order chi connectivity index (χ1) is 13.8. The Morgan fingerprint density at radius 3 is 2.59 bits per heavy atom. The number of fused-ring (bicyclic) bond motifs is 5. The molecule has 0 radical (unpaired) electrons. The second-order valence-corrected chi connectivity index (χ2v) is 12.4. The second kappa shape index (κ2) is 8.20. The van der Waals surface area contributed by atoms with Crippen molar-refractivity contribution >= 4 is 0 Å². The van der Waals surface area contributed by atoms with Gasteiger partial charge in [0.25, 0.3) is 0 Å². The molecule has 0 aliphatic heterocycles. The summed E-state index contributed by atoms with van der Waals surface area (Å²) in [5, 5.41) is 0. The fourth-order valence-electron chi connectivity index (χ4n) is 8.59. The van der Waals surface area contributed by atoms with E-state index >= 15 is 0 Å². The molecule has 0 aromatic heterocycles. The first kappa shape index (κ1) is 21.7. The molecule has 0 N–H and O–H groups in total. The van der Waals surface area contributed by atoms with E-state index in [9.17, 15) is 0 Å². The van der Waals surface area contributed by atoms with Gasteiger partial charge in [-0.2, -0.15) is 0 Å². The highest BCUT2D eigenvalue weighted by Gasteiger charge is 2.58. The third kappa shape index (κ3) is 3.70. The molecule has 0 nitrogen and oxygen atoms in total. The van der Waals surface area contributed by atoms with Crippen molar-refractivity contribution in [3.63, 3.8) is 0 Å². The van der Waals surface area contributed by atoms with Crippen LogP contribution in [-0.4, -0.2) is 0 Å². The molecule has 0 aromatic carbocycles. The van der Waals surface area contributed by atoms with Gasteiger partial charge in [0.05, 0.1) is 0 Å². The van der Waals surface area contributed by atoms with Gasteiger partial charge in [0.15, 0.2) is 0 Å². The van der Waals surface area contributed by atoms with Crippen molar-refractivity contribution in [3.05, 3.63) is 23.8 Å². The fourth-order valence-corrected chi connectivity index (χ4v) is 8.59. The minimum absolute atomic E-state index is 0.542. The third-order valence-corrected chi connectivity index (χ3v) is 10.7. The second-order valence-electron chi connectivity index (χ2n) is 12.4. The molecule has 4 aliphatic carbocycles. The first-order valence-electron chi connectivity index (χ1n) is 13.2. The molecule has 0 amide bonds. The maximum absolute atomic E-state index is 2.74. The van der Waals surface area contributed by atoms with E-state index in [4.69, 9.17) is 0 Å². The molecule has 3 saturated carbocycles. The molecular weight excluding hydrogens is 348 g/mol. The van der Waals surface area contributed by atoms with Gasteiger partial charge >= 0.3 is 0 Å². The van der Waals surface area contributed by atoms with Crippen LogP contribution in [0.4, 0.5) is 0 Å². The highest BCUT2D eigenvalue weighted by Crippen LogP contribution is 2.66. The van der Waals surface area contributed by atoms with E-state index < -0.39 is 0 Å². The summed E-state index contributed by atoms with van der Waals surface area (Å²) in [5.74, 6) is 6.34. The summed E-state index contributed by atoms with van der Waals surface area (Å²) in [6, 6.07) is 0. The molecular formula is C29H48. The van der Waals surface area contributed by atoms with E-state index in [1.807, 2.05) is 5.57 Å². The summed E-state index contributed by atoms with van der Waals surface area (Å²) in [6.45, 7) is 14.9. The lowest BCUT2D eigenvalue weighted by atomic mass is 9.47. The Kier molecular flexibility index (Phi) is 6.14. The van der Waals surface area contributed by atoms with E-state index in [2.05, 4.69) is 59.8 Å². The van der Waals surface area contributed by atoms with Gasteiger partial charge in [-0.3, -0.25) is 0 Å². The molecule has 4 rings (SSSR count). The van der Waals surface area contributed by atoms with Gasteiger partial charge in [0, 0.05) is 0 Å². The standard InChI is InChI=1S/C29H48/c1-7-22(20(2)3)9-8-10-23-12-14-26-25-13-11-24-19-21(4)15-17-29(24,6)27(25)16-18-28(23,26)5/h8-9,11,20-23,25-27H,7,10,12-19H2,1-6H3/b9-8+/t21-,22+,23?,25?,26?,27?,28+,29-/m0/s1. The van der Waals surface area contributed by atoms with Crippen molar-refractivity contribution in [2.45, 2.75) is 106 Å². The average molecular weight is 397 g/mol. The Bertz CT molecular complexity index is 638. The Morgan fingerprint density at radius 2 is 1.86 bits per heavy atom. The number of rotatable bonds is 5.